The summed E-state index contributed by atoms with van der Waals surface area (Å²) in [6.45, 7) is 5.03. The van der Waals surface area contributed by atoms with Gasteiger partial charge in [-0.3, -0.25) is 0 Å². The van der Waals surface area contributed by atoms with Gasteiger partial charge in [-0.15, -0.1) is 0 Å². The Hall–Kier alpha value is -3.80. The summed E-state index contributed by atoms with van der Waals surface area (Å²) in [4.78, 5) is 0. The van der Waals surface area contributed by atoms with Gasteiger partial charge in [0.2, 0.25) is 0 Å². The van der Waals surface area contributed by atoms with E-state index >= 15 is 0 Å². The Labute approximate surface area is 245 Å². The predicted octanol–water partition coefficient (Wildman–Crippen LogP) is 8.57. The average molecular weight is 559 g/mol. The Morgan fingerprint density at radius 2 is 0.878 bits per heavy atom. The predicted molar refractivity (Wildman–Crippen MR) is 169 cm³/mol. The van der Waals surface area contributed by atoms with Crippen LogP contribution in [0.1, 0.15) is 47.8 Å². The van der Waals surface area contributed by atoms with Crippen molar-refractivity contribution < 1.29 is 13.3 Å². The molecule has 0 aliphatic rings. The van der Waals surface area contributed by atoms with Crippen LogP contribution < -0.4 is 0 Å². The van der Waals surface area contributed by atoms with Crippen LogP contribution in [0.15, 0.2) is 152 Å². The van der Waals surface area contributed by atoms with Gasteiger partial charge in [-0.2, -0.15) is 0 Å². The second-order valence-corrected chi connectivity index (χ2v) is 12.6. The lowest BCUT2D eigenvalue weighted by molar-refractivity contribution is 0.0117. The van der Waals surface area contributed by atoms with Crippen LogP contribution in [0.5, 0.6) is 0 Å². The molecule has 0 fully saturated rings. The van der Waals surface area contributed by atoms with E-state index in [9.17, 15) is 0 Å². The van der Waals surface area contributed by atoms with Gasteiger partial charge in [-0.25, -0.2) is 0 Å². The first-order valence-corrected chi connectivity index (χ1v) is 16.4. The monoisotopic (exact) mass is 558 g/mol. The van der Waals surface area contributed by atoms with Gasteiger partial charge < -0.3 is 13.3 Å². The molecule has 1 atom stereocenters. The van der Waals surface area contributed by atoms with Crippen molar-refractivity contribution in [3.8, 4) is 0 Å². The van der Waals surface area contributed by atoms with Crippen molar-refractivity contribution in [2.75, 3.05) is 13.2 Å². The summed E-state index contributed by atoms with van der Waals surface area (Å²) in [5.74, 6) is 0. The first kappa shape index (κ1) is 28.7. The second kappa shape index (κ2) is 13.7. The van der Waals surface area contributed by atoms with E-state index in [1.165, 1.54) is 0 Å². The first-order chi connectivity index (χ1) is 20.2. The minimum absolute atomic E-state index is 0.454. The molecule has 5 aromatic rings. The van der Waals surface area contributed by atoms with E-state index < -0.39 is 20.3 Å². The van der Waals surface area contributed by atoms with Gasteiger partial charge in [0, 0.05) is 19.3 Å². The molecule has 1 unspecified atom stereocenters. The fourth-order valence-corrected chi connectivity index (χ4v) is 8.60. The van der Waals surface area contributed by atoms with Gasteiger partial charge in [0.05, 0.1) is 11.5 Å². The highest BCUT2D eigenvalue weighted by Gasteiger charge is 2.52. The third-order valence-electron chi connectivity index (χ3n) is 7.47. The Morgan fingerprint density at radius 3 is 1.27 bits per heavy atom. The molecule has 5 rings (SSSR count). The van der Waals surface area contributed by atoms with Crippen LogP contribution >= 0.6 is 0 Å². The smallest absolute Gasteiger partial charge is 0.374 e. The Morgan fingerprint density at radius 1 is 0.512 bits per heavy atom. The van der Waals surface area contributed by atoms with Gasteiger partial charge in [-0.1, -0.05) is 152 Å². The lowest BCUT2D eigenvalue weighted by Crippen LogP contribution is -2.53. The summed E-state index contributed by atoms with van der Waals surface area (Å²) in [5, 5.41) is 0. The standard InChI is InChI=1S/C37H38O3Si/c1-3-38-41(39-4-2,30-31-20-10-5-11-21-31)40-36(32-22-12-6-13-23-32)37(33-24-14-7-15-25-33,34-26-16-8-17-27-34)35-28-18-9-19-29-35/h5-29,36H,3-4,30H2,1-2H3. The SMILES string of the molecule is CCO[Si](Cc1ccccc1)(OCC)OC(c1ccccc1)C(c1ccccc1)(c1ccccc1)c1ccccc1. The molecule has 0 amide bonds. The summed E-state index contributed by atoms with van der Waals surface area (Å²) < 4.78 is 20.8. The molecule has 0 saturated heterocycles. The molecule has 3 nitrogen and oxygen atoms in total. The third-order valence-corrected chi connectivity index (χ3v) is 10.4. The van der Waals surface area contributed by atoms with E-state index in [1.807, 2.05) is 19.9 Å². The summed E-state index contributed by atoms with van der Waals surface area (Å²) in [5.41, 5.74) is 4.92. The molecule has 0 bridgehead atoms. The molecule has 0 aromatic heterocycles. The van der Waals surface area contributed by atoms with Gasteiger partial charge in [0.1, 0.15) is 0 Å². The minimum atomic E-state index is -3.29. The fourth-order valence-electron chi connectivity index (χ4n) is 5.81. The van der Waals surface area contributed by atoms with Crippen LogP contribution in [0.2, 0.25) is 0 Å². The minimum Gasteiger partial charge on any atom is -0.374 e. The van der Waals surface area contributed by atoms with Crippen molar-refractivity contribution in [3.63, 3.8) is 0 Å². The van der Waals surface area contributed by atoms with E-state index in [2.05, 4.69) is 146 Å². The van der Waals surface area contributed by atoms with Gasteiger partial charge in [0.15, 0.2) is 0 Å². The quantitative estimate of drug-likeness (QED) is 0.107. The molecule has 0 aliphatic carbocycles. The molecule has 0 saturated carbocycles. The highest BCUT2D eigenvalue weighted by molar-refractivity contribution is 6.60. The third kappa shape index (κ3) is 6.27. The van der Waals surface area contributed by atoms with Crippen molar-refractivity contribution in [1.82, 2.24) is 0 Å². The average Bonchev–Trinajstić information content (AvgIpc) is 3.04. The lowest BCUT2D eigenvalue weighted by Gasteiger charge is -2.46. The van der Waals surface area contributed by atoms with Crippen molar-refractivity contribution in [2.45, 2.75) is 31.4 Å². The first-order valence-electron chi connectivity index (χ1n) is 14.4. The topological polar surface area (TPSA) is 27.7 Å². The molecule has 0 radical (unpaired) electrons. The van der Waals surface area contributed by atoms with E-state index in [1.54, 1.807) is 0 Å². The van der Waals surface area contributed by atoms with Crippen LogP contribution in [0.3, 0.4) is 0 Å². The fraction of sp³-hybridized carbons (Fsp3) is 0.189. The maximum absolute atomic E-state index is 7.53. The molecular weight excluding hydrogens is 520 g/mol. The van der Waals surface area contributed by atoms with Crippen molar-refractivity contribution >= 4 is 8.80 Å². The zero-order chi connectivity index (χ0) is 28.4. The summed E-state index contributed by atoms with van der Waals surface area (Å²) in [7, 11) is -3.29. The number of hydrogen-bond acceptors (Lipinski definition) is 3. The Bertz CT molecular complexity index is 1340. The molecule has 0 aliphatic heterocycles. The second-order valence-electron chi connectivity index (χ2n) is 10.0. The summed E-state index contributed by atoms with van der Waals surface area (Å²) >= 11 is 0. The van der Waals surface area contributed by atoms with Crippen LogP contribution in [0.4, 0.5) is 0 Å². The zero-order valence-corrected chi connectivity index (χ0v) is 24.9. The number of hydrogen-bond donors (Lipinski definition) is 0. The molecule has 0 spiro atoms. The van der Waals surface area contributed by atoms with E-state index in [-0.39, 0.29) is 0 Å². The van der Waals surface area contributed by atoms with Crippen LogP contribution in [0, 0.1) is 0 Å². The van der Waals surface area contributed by atoms with E-state index in [0.717, 1.165) is 27.8 Å². The largest absolute Gasteiger partial charge is 0.506 e. The van der Waals surface area contributed by atoms with E-state index in [0.29, 0.717) is 19.3 Å². The van der Waals surface area contributed by atoms with Crippen LogP contribution in [0.25, 0.3) is 0 Å². The van der Waals surface area contributed by atoms with Crippen molar-refractivity contribution in [1.29, 1.82) is 0 Å². The summed E-state index contributed by atoms with van der Waals surface area (Å²) in [6, 6.07) is 53.6. The Balaban J connectivity index is 1.82. The van der Waals surface area contributed by atoms with Crippen LogP contribution in [-0.2, 0) is 24.7 Å². The molecule has 5 aromatic carbocycles. The normalized spacial score (nSPS) is 12.6. The molecule has 4 heteroatoms. The van der Waals surface area contributed by atoms with Gasteiger partial charge in [-0.05, 0) is 41.7 Å². The number of rotatable bonds is 13. The summed E-state index contributed by atoms with van der Waals surface area (Å²) in [6.07, 6.45) is -0.454. The highest BCUT2D eigenvalue weighted by atomic mass is 28.4. The van der Waals surface area contributed by atoms with Gasteiger partial charge >= 0.3 is 8.80 Å². The molecule has 208 valence electrons. The molecular formula is C37H38O3Si. The van der Waals surface area contributed by atoms with Crippen molar-refractivity contribution in [2.24, 2.45) is 0 Å². The molecule has 41 heavy (non-hydrogen) atoms. The van der Waals surface area contributed by atoms with Crippen molar-refractivity contribution in [3.05, 3.63) is 179 Å². The lowest BCUT2D eigenvalue weighted by atomic mass is 9.64. The highest BCUT2D eigenvalue weighted by Crippen LogP contribution is 2.51. The molecule has 0 heterocycles. The van der Waals surface area contributed by atoms with Crippen LogP contribution in [-0.4, -0.2) is 22.0 Å². The molecule has 0 N–H and O–H groups in total. The maximum Gasteiger partial charge on any atom is 0.506 e. The zero-order valence-electron chi connectivity index (χ0n) is 23.9. The van der Waals surface area contributed by atoms with E-state index in [4.69, 9.17) is 13.3 Å². The maximum atomic E-state index is 7.53. The Kier molecular flexibility index (Phi) is 9.60. The van der Waals surface area contributed by atoms with Gasteiger partial charge in [0.25, 0.3) is 0 Å². The number of benzene rings is 5.